The fraction of sp³-hybridized carbons (Fsp3) is 0.257. The van der Waals surface area contributed by atoms with Crippen LogP contribution in [0.1, 0.15) is 41.0 Å². The number of hydrogen-bond acceptors (Lipinski definition) is 6. The number of hydrogen-bond donors (Lipinski definition) is 4. The van der Waals surface area contributed by atoms with E-state index >= 15 is 0 Å². The second kappa shape index (κ2) is 18.3. The van der Waals surface area contributed by atoms with E-state index in [9.17, 15) is 24.0 Å². The first-order valence-electron chi connectivity index (χ1n) is 15.0. The number of carbonyl (C=O) groups is 5. The minimum absolute atomic E-state index is 0.135. The summed E-state index contributed by atoms with van der Waals surface area (Å²) in [4.78, 5) is 63.0. The minimum atomic E-state index is -1.05. The highest BCUT2D eigenvalue weighted by molar-refractivity contribution is 6.37. The zero-order valence-electron chi connectivity index (χ0n) is 26.2. The molecule has 4 amide bonds. The minimum Gasteiger partial charge on any atom is -0.347 e. The van der Waals surface area contributed by atoms with Crippen molar-refractivity contribution in [1.82, 2.24) is 31.0 Å². The number of carbonyl (C=O) groups excluding carboxylic acids is 5. The van der Waals surface area contributed by atoms with Gasteiger partial charge in [-0.3, -0.25) is 28.7 Å². The van der Waals surface area contributed by atoms with Gasteiger partial charge in [-0.05, 0) is 38.0 Å². The molecule has 4 rings (SSSR count). The summed E-state index contributed by atoms with van der Waals surface area (Å²) in [5, 5.41) is 14.3. The van der Waals surface area contributed by atoms with Crippen LogP contribution in [0.2, 0.25) is 0 Å². The first-order chi connectivity index (χ1) is 22.2. The zero-order valence-corrected chi connectivity index (χ0v) is 26.2. The Kier molecular flexibility index (Phi) is 13.9. The predicted molar refractivity (Wildman–Crippen MR) is 174 cm³/mol. The highest BCUT2D eigenvalue weighted by Gasteiger charge is 2.26. The Morgan fingerprint density at radius 2 is 1.33 bits per heavy atom. The third kappa shape index (κ3) is 11.5. The van der Waals surface area contributed by atoms with Crippen LogP contribution in [0.4, 0.5) is 0 Å². The average Bonchev–Trinajstić information content (AvgIpc) is 3.56. The molecule has 0 aliphatic carbocycles. The van der Waals surface area contributed by atoms with Crippen LogP contribution in [0.3, 0.4) is 0 Å². The van der Waals surface area contributed by atoms with Crippen molar-refractivity contribution in [3.63, 3.8) is 0 Å². The summed E-state index contributed by atoms with van der Waals surface area (Å²) >= 11 is 0. The van der Waals surface area contributed by atoms with Crippen LogP contribution < -0.4 is 21.3 Å². The van der Waals surface area contributed by atoms with E-state index in [2.05, 4.69) is 45.4 Å². The van der Waals surface area contributed by atoms with Crippen LogP contribution in [0.15, 0.2) is 103 Å². The maximum absolute atomic E-state index is 13.0. The van der Waals surface area contributed by atoms with Gasteiger partial charge in [-0.15, -0.1) is 0 Å². The second-order valence-electron chi connectivity index (χ2n) is 10.4. The zero-order chi connectivity index (χ0) is 33.3. The van der Waals surface area contributed by atoms with E-state index in [1.807, 2.05) is 61.5 Å². The molecule has 2 atom stereocenters. The number of ketones is 1. The van der Waals surface area contributed by atoms with Crippen LogP contribution >= 0.6 is 0 Å². The molecule has 46 heavy (non-hydrogen) atoms. The number of nitrogens with zero attached hydrogens (tertiary/aromatic N) is 2. The van der Waals surface area contributed by atoms with Gasteiger partial charge in [0.25, 0.3) is 11.8 Å². The predicted octanol–water partition coefficient (Wildman–Crippen LogP) is 2.75. The van der Waals surface area contributed by atoms with Gasteiger partial charge in [-0.2, -0.15) is 5.10 Å². The lowest BCUT2D eigenvalue weighted by molar-refractivity contribution is -0.138. The van der Waals surface area contributed by atoms with Crippen molar-refractivity contribution in [3.8, 4) is 0 Å². The molecule has 1 aromatic heterocycles. The molecule has 0 saturated carbocycles. The molecule has 3 aromatic carbocycles. The number of benzene rings is 3. The topological polar surface area (TPSA) is 151 Å². The van der Waals surface area contributed by atoms with E-state index in [1.54, 1.807) is 30.3 Å². The Hall–Kier alpha value is -5.58. The van der Waals surface area contributed by atoms with Gasteiger partial charge in [0.05, 0.1) is 6.54 Å². The van der Waals surface area contributed by atoms with Gasteiger partial charge in [0.2, 0.25) is 17.6 Å². The summed E-state index contributed by atoms with van der Waals surface area (Å²) in [6.07, 6.45) is 1.63. The Balaban J connectivity index is 0.000000724. The summed E-state index contributed by atoms with van der Waals surface area (Å²) < 4.78 is 1.50. The lowest BCUT2D eigenvalue weighted by atomic mass is 10.0. The van der Waals surface area contributed by atoms with Crippen LogP contribution in [0.5, 0.6) is 0 Å². The highest BCUT2D eigenvalue weighted by atomic mass is 16.2. The van der Waals surface area contributed by atoms with Gasteiger partial charge in [0.1, 0.15) is 17.8 Å². The number of Topliss-reactive ketones (excluding diaryl/α,β-unsaturated/α-hetero) is 1. The van der Waals surface area contributed by atoms with E-state index in [0.29, 0.717) is 12.2 Å². The molecule has 0 saturated heterocycles. The van der Waals surface area contributed by atoms with Crippen LogP contribution in [-0.4, -0.2) is 57.8 Å². The largest absolute Gasteiger partial charge is 0.347 e. The smallest absolute Gasteiger partial charge is 0.289 e. The van der Waals surface area contributed by atoms with Crippen molar-refractivity contribution in [1.29, 1.82) is 0 Å². The molecule has 4 N–H and O–H groups in total. The van der Waals surface area contributed by atoms with E-state index < -0.39 is 48.0 Å². The van der Waals surface area contributed by atoms with Crippen LogP contribution in [-0.2, 0) is 38.7 Å². The standard InChI is InChI=1S/C28H32N6O5.C7H8/c1-3-34-23(14-15-31-34)27(38)32-19(2)25(36)33-22(16-20-10-6-4-7-11-20)26(37)30-18-24(35)28(39)29-17-21-12-8-5-9-13-21;1-7-5-3-2-4-6-7/h4-15,19,22H,3,16-18H2,1-2H3,(H,29,39)(H,30,37)(H,32,38)(H,33,36);2-6H,1H3/t19-,22-;/m0./s1. The highest BCUT2D eigenvalue weighted by Crippen LogP contribution is 2.05. The van der Waals surface area contributed by atoms with Crippen molar-refractivity contribution >= 4 is 29.4 Å². The lowest BCUT2D eigenvalue weighted by Gasteiger charge is -2.21. The fourth-order valence-corrected chi connectivity index (χ4v) is 4.25. The van der Waals surface area contributed by atoms with Crippen molar-refractivity contribution in [2.45, 2.75) is 52.4 Å². The van der Waals surface area contributed by atoms with Crippen LogP contribution in [0.25, 0.3) is 0 Å². The molecule has 0 aliphatic rings. The molecular weight excluding hydrogens is 584 g/mol. The molecular formula is C35H40N6O5. The van der Waals surface area contributed by atoms with Gasteiger partial charge >= 0.3 is 0 Å². The van der Waals surface area contributed by atoms with Crippen molar-refractivity contribution < 1.29 is 24.0 Å². The van der Waals surface area contributed by atoms with Gasteiger partial charge in [0.15, 0.2) is 0 Å². The van der Waals surface area contributed by atoms with Gasteiger partial charge < -0.3 is 21.3 Å². The molecule has 0 radical (unpaired) electrons. The Bertz CT molecular complexity index is 1570. The molecule has 11 nitrogen and oxygen atoms in total. The molecule has 11 heteroatoms. The van der Waals surface area contributed by atoms with Crippen molar-refractivity contribution in [2.24, 2.45) is 0 Å². The van der Waals surface area contributed by atoms with Gasteiger partial charge in [-0.25, -0.2) is 0 Å². The van der Waals surface area contributed by atoms with E-state index in [0.717, 1.165) is 11.1 Å². The summed E-state index contributed by atoms with van der Waals surface area (Å²) in [6.45, 7) is 5.55. The first kappa shape index (κ1) is 34.9. The summed E-state index contributed by atoms with van der Waals surface area (Å²) in [7, 11) is 0. The quantitative estimate of drug-likeness (QED) is 0.168. The lowest BCUT2D eigenvalue weighted by Crippen LogP contribution is -2.54. The number of aromatic nitrogens is 2. The van der Waals surface area contributed by atoms with Crippen LogP contribution in [0, 0.1) is 6.92 Å². The fourth-order valence-electron chi connectivity index (χ4n) is 4.25. The first-order valence-corrected chi connectivity index (χ1v) is 15.0. The van der Waals surface area contributed by atoms with Crippen molar-refractivity contribution in [2.75, 3.05) is 6.54 Å². The Morgan fingerprint density at radius 1 is 0.739 bits per heavy atom. The van der Waals surface area contributed by atoms with E-state index in [-0.39, 0.29) is 13.0 Å². The maximum atomic E-state index is 13.0. The molecule has 0 spiro atoms. The summed E-state index contributed by atoms with van der Waals surface area (Å²) in [6, 6.07) is 27.9. The molecule has 4 aromatic rings. The number of rotatable bonds is 13. The summed E-state index contributed by atoms with van der Waals surface area (Å²) in [5.41, 5.74) is 3.23. The molecule has 0 unspecified atom stereocenters. The Labute approximate surface area is 268 Å². The summed E-state index contributed by atoms with van der Waals surface area (Å²) in [5.74, 6) is -3.36. The van der Waals surface area contributed by atoms with E-state index in [1.165, 1.54) is 23.4 Å². The van der Waals surface area contributed by atoms with E-state index in [4.69, 9.17) is 0 Å². The third-order valence-corrected chi connectivity index (χ3v) is 6.82. The molecule has 240 valence electrons. The monoisotopic (exact) mass is 624 g/mol. The third-order valence-electron chi connectivity index (χ3n) is 6.82. The van der Waals surface area contributed by atoms with Gasteiger partial charge in [-0.1, -0.05) is 96.6 Å². The van der Waals surface area contributed by atoms with Gasteiger partial charge in [0, 0.05) is 25.7 Å². The number of nitrogens with one attached hydrogen (secondary N) is 4. The molecule has 0 fully saturated rings. The molecule has 0 bridgehead atoms. The second-order valence-corrected chi connectivity index (χ2v) is 10.4. The Morgan fingerprint density at radius 3 is 1.89 bits per heavy atom. The number of aryl methyl sites for hydroxylation is 2. The SMILES string of the molecule is CCn1nccc1C(=O)N[C@@H](C)C(=O)N[C@@H](Cc1ccccc1)C(=O)NCC(=O)C(=O)NCc1ccccc1.Cc1ccccc1. The molecule has 0 aliphatic heterocycles. The average molecular weight is 625 g/mol. The maximum Gasteiger partial charge on any atom is 0.289 e. The van der Waals surface area contributed by atoms with Crippen molar-refractivity contribution in [3.05, 3.63) is 126 Å². The number of amides is 4. The molecule has 1 heterocycles. The normalized spacial score (nSPS) is 11.5.